The molecule has 0 spiro atoms. The molecule has 5 aromatic rings. The maximum Gasteiger partial charge on any atom is 0.291 e. The molecule has 13 heteroatoms. The van der Waals surface area contributed by atoms with Gasteiger partial charge in [0, 0.05) is 29.2 Å². The minimum Gasteiger partial charge on any atom is -0.486 e. The normalized spacial score (nSPS) is 11.3. The molecule has 2 amide bonds. The van der Waals surface area contributed by atoms with Gasteiger partial charge in [0.05, 0.1) is 11.4 Å². The van der Waals surface area contributed by atoms with Crippen LogP contribution in [0.2, 0.25) is 5.02 Å². The summed E-state index contributed by atoms with van der Waals surface area (Å²) < 4.78 is 40.2. The maximum atomic E-state index is 13.7. The van der Waals surface area contributed by atoms with E-state index in [2.05, 4.69) is 15.4 Å². The van der Waals surface area contributed by atoms with Crippen molar-refractivity contribution in [1.82, 2.24) is 14.8 Å². The number of amides is 2. The summed E-state index contributed by atoms with van der Waals surface area (Å²) in [4.78, 5) is 29.6. The fourth-order valence-corrected chi connectivity index (χ4v) is 5.18. The van der Waals surface area contributed by atoms with Gasteiger partial charge in [-0.1, -0.05) is 11.6 Å². The van der Waals surface area contributed by atoms with Gasteiger partial charge in [0.2, 0.25) is 0 Å². The lowest BCUT2D eigenvalue weighted by Gasteiger charge is -2.10. The van der Waals surface area contributed by atoms with Gasteiger partial charge in [0.25, 0.3) is 18.2 Å². The highest BCUT2D eigenvalue weighted by Gasteiger charge is 2.27. The number of benzene rings is 1. The van der Waals surface area contributed by atoms with Crippen LogP contribution in [-0.2, 0) is 13.7 Å². The number of carbonyl (C=O) groups is 2. The smallest absolute Gasteiger partial charge is 0.291 e. The first-order valence-electron chi connectivity index (χ1n) is 11.4. The first-order valence-corrected chi connectivity index (χ1v) is 12.6. The van der Waals surface area contributed by atoms with E-state index < -0.39 is 23.9 Å². The van der Waals surface area contributed by atoms with Crippen molar-refractivity contribution >= 4 is 50.7 Å². The van der Waals surface area contributed by atoms with Crippen LogP contribution in [0.1, 0.15) is 43.8 Å². The number of aryl methyl sites for hydroxylation is 2. The maximum absolute atomic E-state index is 13.7. The third-order valence-electron chi connectivity index (χ3n) is 5.75. The van der Waals surface area contributed by atoms with E-state index in [0.717, 1.165) is 11.3 Å². The van der Waals surface area contributed by atoms with E-state index in [1.165, 1.54) is 16.8 Å². The molecule has 0 aliphatic carbocycles. The number of thiophene rings is 1. The number of halogens is 3. The van der Waals surface area contributed by atoms with Crippen LogP contribution in [0.5, 0.6) is 5.75 Å². The summed E-state index contributed by atoms with van der Waals surface area (Å²) in [7, 11) is 1.69. The number of hydrogen-bond donors (Lipinski definition) is 2. The average molecular weight is 572 g/mol. The van der Waals surface area contributed by atoms with Gasteiger partial charge in [0.15, 0.2) is 5.76 Å². The van der Waals surface area contributed by atoms with Crippen molar-refractivity contribution < 1.29 is 27.5 Å². The van der Waals surface area contributed by atoms with Crippen LogP contribution >= 0.6 is 22.9 Å². The highest BCUT2D eigenvalue weighted by atomic mass is 35.5. The minimum atomic E-state index is -2.86. The third-order valence-corrected chi connectivity index (χ3v) is 7.10. The van der Waals surface area contributed by atoms with Crippen molar-refractivity contribution in [2.24, 2.45) is 12.8 Å². The zero-order valence-corrected chi connectivity index (χ0v) is 22.1. The standard InChI is InChI=1S/C26H20ClF2N5O4S/c1-12-17(10-34(2)33-12)16-9-18(23(28)29)31-26-20(16)21(22(39-26)24(30)35)32-25(36)19-8-7-15(38-19)11-37-14-5-3-13(27)4-6-14/h3-10,23H,11H2,1-2H3,(H2,30,35)(H,32,36). The van der Waals surface area contributed by atoms with E-state index in [1.54, 1.807) is 50.5 Å². The molecule has 0 saturated heterocycles. The number of ether oxygens (including phenoxy) is 1. The van der Waals surface area contributed by atoms with E-state index >= 15 is 0 Å². The number of nitrogens with two attached hydrogens (primary N) is 1. The van der Waals surface area contributed by atoms with Crippen molar-refractivity contribution in [1.29, 1.82) is 0 Å². The van der Waals surface area contributed by atoms with Crippen LogP contribution < -0.4 is 15.8 Å². The number of rotatable bonds is 8. The number of furan rings is 1. The Morgan fingerprint density at radius 3 is 2.59 bits per heavy atom. The van der Waals surface area contributed by atoms with Gasteiger partial charge < -0.3 is 20.2 Å². The molecule has 0 saturated carbocycles. The first-order chi connectivity index (χ1) is 18.6. The molecule has 0 aliphatic heterocycles. The summed E-state index contributed by atoms with van der Waals surface area (Å²) in [6.45, 7) is 1.77. The molecular weight excluding hydrogens is 552 g/mol. The molecule has 0 atom stereocenters. The minimum absolute atomic E-state index is 0.0436. The van der Waals surface area contributed by atoms with Crippen LogP contribution in [0.25, 0.3) is 21.3 Å². The lowest BCUT2D eigenvalue weighted by Crippen LogP contribution is -2.16. The van der Waals surface area contributed by atoms with Crippen molar-refractivity contribution in [3.05, 3.63) is 81.5 Å². The first kappa shape index (κ1) is 26.3. The summed E-state index contributed by atoms with van der Waals surface area (Å²) in [5.41, 5.74) is 6.60. The second kappa shape index (κ2) is 10.5. The number of carbonyl (C=O) groups excluding carboxylic acids is 2. The van der Waals surface area contributed by atoms with Crippen LogP contribution in [0.3, 0.4) is 0 Å². The van der Waals surface area contributed by atoms with Gasteiger partial charge in [-0.05, 0) is 55.0 Å². The molecule has 3 N–H and O–H groups in total. The molecule has 9 nitrogen and oxygen atoms in total. The van der Waals surface area contributed by atoms with Crippen LogP contribution in [0.4, 0.5) is 14.5 Å². The number of fused-ring (bicyclic) bond motifs is 1. The lowest BCUT2D eigenvalue weighted by atomic mass is 10.0. The number of nitrogens with one attached hydrogen (secondary N) is 1. The topological polar surface area (TPSA) is 125 Å². The van der Waals surface area contributed by atoms with Crippen LogP contribution in [0.15, 0.2) is 53.1 Å². The number of alkyl halides is 2. The van der Waals surface area contributed by atoms with Crippen molar-refractivity contribution in [2.45, 2.75) is 20.0 Å². The Kier molecular flexibility index (Phi) is 7.06. The Morgan fingerprint density at radius 1 is 1.21 bits per heavy atom. The van der Waals surface area contributed by atoms with Gasteiger partial charge in [-0.3, -0.25) is 14.3 Å². The molecule has 0 unspecified atom stereocenters. The predicted octanol–water partition coefficient (Wildman–Crippen LogP) is 6.12. The van der Waals surface area contributed by atoms with E-state index in [4.69, 9.17) is 26.5 Å². The largest absolute Gasteiger partial charge is 0.486 e. The Bertz CT molecular complexity index is 1710. The third kappa shape index (κ3) is 5.33. The molecule has 4 aromatic heterocycles. The molecule has 0 fully saturated rings. The predicted molar refractivity (Wildman–Crippen MR) is 142 cm³/mol. The van der Waals surface area contributed by atoms with Gasteiger partial charge in [-0.25, -0.2) is 13.8 Å². The molecule has 1 aromatic carbocycles. The summed E-state index contributed by atoms with van der Waals surface area (Å²) in [6, 6.07) is 11.0. The summed E-state index contributed by atoms with van der Waals surface area (Å²) in [6.07, 6.45) is -1.20. The second-order valence-electron chi connectivity index (χ2n) is 8.51. The molecule has 0 radical (unpaired) electrons. The van der Waals surface area contributed by atoms with E-state index in [9.17, 15) is 18.4 Å². The molecule has 200 valence electrons. The number of anilines is 1. The molecule has 39 heavy (non-hydrogen) atoms. The highest BCUT2D eigenvalue weighted by molar-refractivity contribution is 7.21. The quantitative estimate of drug-likeness (QED) is 0.231. The van der Waals surface area contributed by atoms with Crippen molar-refractivity contribution in [3.8, 4) is 16.9 Å². The lowest BCUT2D eigenvalue weighted by molar-refractivity contribution is 0.0992. The molecule has 0 aliphatic rings. The number of primary amides is 1. The van der Waals surface area contributed by atoms with Crippen LogP contribution in [-0.4, -0.2) is 26.6 Å². The van der Waals surface area contributed by atoms with Gasteiger partial charge in [0.1, 0.15) is 33.5 Å². The Morgan fingerprint density at radius 2 is 1.95 bits per heavy atom. The zero-order valence-electron chi connectivity index (χ0n) is 20.5. The monoisotopic (exact) mass is 571 g/mol. The summed E-state index contributed by atoms with van der Waals surface area (Å²) in [5.74, 6) is -0.656. The Hall–Kier alpha value is -4.29. The number of pyridine rings is 1. The van der Waals surface area contributed by atoms with Gasteiger partial charge >= 0.3 is 0 Å². The highest BCUT2D eigenvalue weighted by Crippen LogP contribution is 2.43. The average Bonchev–Trinajstić information content (AvgIpc) is 3.60. The SMILES string of the molecule is Cc1nn(C)cc1-c1cc(C(F)F)nc2sc(C(N)=O)c(NC(=O)c3ccc(COc4ccc(Cl)cc4)o3)c12. The van der Waals surface area contributed by atoms with E-state index in [-0.39, 0.29) is 27.8 Å². The van der Waals surface area contributed by atoms with E-state index in [0.29, 0.717) is 38.7 Å². The van der Waals surface area contributed by atoms with Crippen LogP contribution in [0, 0.1) is 6.92 Å². The van der Waals surface area contributed by atoms with E-state index in [1.807, 2.05) is 0 Å². The zero-order chi connectivity index (χ0) is 27.8. The number of aromatic nitrogens is 3. The number of nitrogens with zero attached hydrogens (tertiary/aromatic N) is 3. The molecular formula is C26H20ClF2N5O4S. The Balaban J connectivity index is 1.51. The molecule has 5 rings (SSSR count). The van der Waals surface area contributed by atoms with Crippen molar-refractivity contribution in [3.63, 3.8) is 0 Å². The summed E-state index contributed by atoms with van der Waals surface area (Å²) >= 11 is 6.69. The molecule has 4 heterocycles. The Labute approximate surface area is 229 Å². The molecule has 0 bridgehead atoms. The van der Waals surface area contributed by atoms with Crippen molar-refractivity contribution in [2.75, 3.05) is 5.32 Å². The fourth-order valence-electron chi connectivity index (χ4n) is 4.04. The second-order valence-corrected chi connectivity index (χ2v) is 9.95. The van der Waals surface area contributed by atoms with Gasteiger partial charge in [-0.15, -0.1) is 11.3 Å². The van der Waals surface area contributed by atoms with Gasteiger partial charge in [-0.2, -0.15) is 5.10 Å². The summed E-state index contributed by atoms with van der Waals surface area (Å²) in [5, 5.41) is 7.83. The fraction of sp³-hybridized carbons (Fsp3) is 0.154. The number of hydrogen-bond acceptors (Lipinski definition) is 7.